The largest absolute Gasteiger partial charge is 0.307 e. The standard InChI is InChI=1S/C29H23N5S/c1-18-6-8-22(16-32-18)34(23-9-7-19(2)33-17-23)21-10-11-25-26(13-21)29(3,4)27-14-24(35-28(25)27)12-20(15-30)31-5/h6-14,16-17H,1-4H3/b20-12-. The maximum Gasteiger partial charge on any atom is 0.263 e. The van der Waals surface area contributed by atoms with Gasteiger partial charge in [-0.05, 0) is 79.1 Å². The molecule has 3 aromatic heterocycles. The molecule has 0 N–H and O–H groups in total. The van der Waals surface area contributed by atoms with E-state index < -0.39 is 0 Å². The molecule has 1 aliphatic rings. The molecule has 3 heterocycles. The Labute approximate surface area is 209 Å². The second-order valence-corrected chi connectivity index (χ2v) is 10.2. The lowest BCUT2D eigenvalue weighted by molar-refractivity contribution is 0.662. The number of nitriles is 1. The average Bonchev–Trinajstić information content (AvgIpc) is 3.37. The monoisotopic (exact) mass is 473 g/mol. The summed E-state index contributed by atoms with van der Waals surface area (Å²) in [5.41, 5.74) is 8.50. The molecule has 4 aromatic rings. The Kier molecular flexibility index (Phi) is 5.47. The van der Waals surface area contributed by atoms with Gasteiger partial charge in [0.2, 0.25) is 0 Å². The first-order valence-electron chi connectivity index (χ1n) is 11.3. The van der Waals surface area contributed by atoms with E-state index in [1.807, 2.05) is 44.4 Å². The van der Waals surface area contributed by atoms with E-state index in [1.54, 1.807) is 17.4 Å². The van der Waals surface area contributed by atoms with Crippen molar-refractivity contribution in [2.24, 2.45) is 0 Å². The van der Waals surface area contributed by atoms with Crippen LogP contribution in [0.3, 0.4) is 0 Å². The maximum atomic E-state index is 9.15. The molecule has 0 unspecified atom stereocenters. The summed E-state index contributed by atoms with van der Waals surface area (Å²) in [5, 5.41) is 9.15. The van der Waals surface area contributed by atoms with Gasteiger partial charge in [-0.3, -0.25) is 9.97 Å². The van der Waals surface area contributed by atoms with Crippen molar-refractivity contribution in [3.63, 3.8) is 0 Å². The van der Waals surface area contributed by atoms with Crippen LogP contribution in [0.2, 0.25) is 0 Å². The fourth-order valence-corrected chi connectivity index (χ4v) is 5.83. The summed E-state index contributed by atoms with van der Waals surface area (Å²) in [6.45, 7) is 15.6. The number of benzene rings is 1. The molecule has 35 heavy (non-hydrogen) atoms. The highest BCUT2D eigenvalue weighted by Crippen LogP contribution is 2.54. The molecule has 0 atom stereocenters. The summed E-state index contributed by atoms with van der Waals surface area (Å²) in [6, 6.07) is 18.9. The van der Waals surface area contributed by atoms with Gasteiger partial charge in [0.05, 0.1) is 36.4 Å². The Hall–Kier alpha value is -4.26. The highest BCUT2D eigenvalue weighted by Gasteiger charge is 2.37. The molecule has 0 aliphatic heterocycles. The lowest BCUT2D eigenvalue weighted by Crippen LogP contribution is -2.16. The zero-order valence-electron chi connectivity index (χ0n) is 20.0. The highest BCUT2D eigenvalue weighted by molar-refractivity contribution is 7.16. The zero-order valence-corrected chi connectivity index (χ0v) is 20.8. The lowest BCUT2D eigenvalue weighted by atomic mass is 9.82. The molecule has 0 bridgehead atoms. The van der Waals surface area contributed by atoms with Crippen LogP contribution in [-0.4, -0.2) is 9.97 Å². The Morgan fingerprint density at radius 3 is 2.14 bits per heavy atom. The van der Waals surface area contributed by atoms with Crippen LogP contribution in [0, 0.1) is 31.8 Å². The van der Waals surface area contributed by atoms with Gasteiger partial charge in [0.1, 0.15) is 0 Å². The van der Waals surface area contributed by atoms with Crippen LogP contribution in [0.5, 0.6) is 0 Å². The Bertz CT molecular complexity index is 1480. The van der Waals surface area contributed by atoms with Gasteiger partial charge in [0.15, 0.2) is 0 Å². The van der Waals surface area contributed by atoms with Crippen LogP contribution >= 0.6 is 11.3 Å². The fourth-order valence-electron chi connectivity index (χ4n) is 4.53. The summed E-state index contributed by atoms with van der Waals surface area (Å²) < 4.78 is 0. The third kappa shape index (κ3) is 3.89. The van der Waals surface area contributed by atoms with Gasteiger partial charge in [0.25, 0.3) is 5.70 Å². The molecule has 0 saturated heterocycles. The van der Waals surface area contributed by atoms with E-state index in [0.29, 0.717) is 0 Å². The zero-order chi connectivity index (χ0) is 24.7. The summed E-state index contributed by atoms with van der Waals surface area (Å²) in [6.07, 6.45) is 5.47. The van der Waals surface area contributed by atoms with Gasteiger partial charge in [-0.2, -0.15) is 0 Å². The number of allylic oxidation sites excluding steroid dienone is 1. The Morgan fingerprint density at radius 1 is 0.971 bits per heavy atom. The molecule has 0 saturated carbocycles. The molecule has 170 valence electrons. The van der Waals surface area contributed by atoms with Crippen LogP contribution in [0.15, 0.2) is 66.6 Å². The maximum absolute atomic E-state index is 9.15. The minimum Gasteiger partial charge on any atom is -0.307 e. The van der Waals surface area contributed by atoms with Gasteiger partial charge >= 0.3 is 0 Å². The quantitative estimate of drug-likeness (QED) is 0.225. The number of hydrogen-bond acceptors (Lipinski definition) is 5. The molecule has 1 aliphatic carbocycles. The molecule has 0 spiro atoms. The van der Waals surface area contributed by atoms with Crippen molar-refractivity contribution in [3.8, 4) is 16.5 Å². The third-order valence-corrected chi connectivity index (χ3v) is 7.54. The van der Waals surface area contributed by atoms with Crippen molar-refractivity contribution in [2.45, 2.75) is 33.1 Å². The summed E-state index contributed by atoms with van der Waals surface area (Å²) >= 11 is 1.63. The van der Waals surface area contributed by atoms with Crippen LogP contribution in [0.25, 0.3) is 21.4 Å². The minimum atomic E-state index is -0.211. The summed E-state index contributed by atoms with van der Waals surface area (Å²) in [4.78, 5) is 16.7. The number of hydrogen-bond donors (Lipinski definition) is 0. The molecule has 5 nitrogen and oxygen atoms in total. The van der Waals surface area contributed by atoms with Crippen LogP contribution in [0.4, 0.5) is 17.1 Å². The molecule has 0 fully saturated rings. The average molecular weight is 474 g/mol. The number of aromatic nitrogens is 2. The Morgan fingerprint density at radius 2 is 1.60 bits per heavy atom. The summed E-state index contributed by atoms with van der Waals surface area (Å²) in [7, 11) is 0. The molecular formula is C29H23N5S. The molecule has 5 rings (SSSR count). The second-order valence-electron chi connectivity index (χ2n) is 9.15. The minimum absolute atomic E-state index is 0.104. The molecule has 0 radical (unpaired) electrons. The van der Waals surface area contributed by atoms with Crippen molar-refractivity contribution in [2.75, 3.05) is 4.90 Å². The first-order chi connectivity index (χ1) is 16.8. The van der Waals surface area contributed by atoms with E-state index in [0.717, 1.165) is 33.3 Å². The molecule has 0 amide bonds. The first-order valence-corrected chi connectivity index (χ1v) is 12.1. The van der Waals surface area contributed by atoms with Crippen molar-refractivity contribution in [3.05, 3.63) is 105 Å². The van der Waals surface area contributed by atoms with Crippen LogP contribution in [0.1, 0.15) is 41.2 Å². The van der Waals surface area contributed by atoms with Gasteiger partial charge in [0, 0.05) is 32.2 Å². The van der Waals surface area contributed by atoms with Gasteiger partial charge in [-0.25, -0.2) is 10.1 Å². The SMILES string of the molecule is [C-]#[N+]/C(C#N)=C\c1cc2c(s1)-c1ccc(N(c3ccc(C)nc3)c3ccc(C)nc3)cc1C2(C)C. The second kappa shape index (κ2) is 8.51. The number of thiophene rings is 1. The van der Waals surface area contributed by atoms with E-state index in [2.05, 4.69) is 70.0 Å². The van der Waals surface area contributed by atoms with E-state index in [1.165, 1.54) is 21.6 Å². The highest BCUT2D eigenvalue weighted by atomic mass is 32.1. The predicted octanol–water partition coefficient (Wildman–Crippen LogP) is 7.71. The molecule has 6 heteroatoms. The van der Waals surface area contributed by atoms with Gasteiger partial charge in [-0.1, -0.05) is 19.9 Å². The molecule has 1 aromatic carbocycles. The van der Waals surface area contributed by atoms with Crippen molar-refractivity contribution >= 4 is 34.5 Å². The molecular weight excluding hydrogens is 450 g/mol. The van der Waals surface area contributed by atoms with Gasteiger partial charge < -0.3 is 4.90 Å². The van der Waals surface area contributed by atoms with E-state index in [-0.39, 0.29) is 11.1 Å². The first kappa shape index (κ1) is 22.5. The number of fused-ring (bicyclic) bond motifs is 3. The normalized spacial score (nSPS) is 13.5. The van der Waals surface area contributed by atoms with Crippen LogP contribution in [-0.2, 0) is 5.41 Å². The predicted molar refractivity (Wildman–Crippen MR) is 142 cm³/mol. The summed E-state index contributed by atoms with van der Waals surface area (Å²) in [5.74, 6) is 0. The number of aryl methyl sites for hydroxylation is 2. The van der Waals surface area contributed by atoms with Crippen LogP contribution < -0.4 is 4.90 Å². The number of anilines is 3. The smallest absolute Gasteiger partial charge is 0.263 e. The van der Waals surface area contributed by atoms with E-state index in [9.17, 15) is 0 Å². The fraction of sp³-hybridized carbons (Fsp3) is 0.172. The number of nitrogens with zero attached hydrogens (tertiary/aromatic N) is 5. The van der Waals surface area contributed by atoms with Crippen molar-refractivity contribution in [1.82, 2.24) is 9.97 Å². The third-order valence-electron chi connectivity index (χ3n) is 6.43. The number of rotatable bonds is 4. The van der Waals surface area contributed by atoms with Crippen molar-refractivity contribution < 1.29 is 0 Å². The van der Waals surface area contributed by atoms with E-state index in [4.69, 9.17) is 11.8 Å². The topological polar surface area (TPSA) is 57.2 Å². The Balaban J connectivity index is 1.63. The van der Waals surface area contributed by atoms with E-state index >= 15 is 0 Å². The van der Waals surface area contributed by atoms with Gasteiger partial charge in [-0.15, -0.1) is 11.3 Å². The number of pyridine rings is 2. The lowest BCUT2D eigenvalue weighted by Gasteiger charge is -2.27. The van der Waals surface area contributed by atoms with Crippen molar-refractivity contribution in [1.29, 1.82) is 5.26 Å².